The predicted octanol–water partition coefficient (Wildman–Crippen LogP) is 3.11. The minimum absolute atomic E-state index is 0.643. The van der Waals surface area contributed by atoms with Gasteiger partial charge < -0.3 is 4.74 Å². The predicted molar refractivity (Wildman–Crippen MR) is 60.3 cm³/mol. The maximum atomic E-state index is 5.51. The summed E-state index contributed by atoms with van der Waals surface area (Å²) in [5, 5.41) is 0.643. The molecule has 76 valence electrons. The van der Waals surface area contributed by atoms with Crippen LogP contribution < -0.4 is 0 Å². The van der Waals surface area contributed by atoms with Gasteiger partial charge in [0.1, 0.15) is 0 Å². The van der Waals surface area contributed by atoms with Crippen LogP contribution in [-0.4, -0.2) is 24.2 Å². The van der Waals surface area contributed by atoms with Crippen LogP contribution in [0.3, 0.4) is 0 Å². The SMILES string of the molecule is CCSC(C)C1=C(C(C)C)COC1. The molecule has 0 saturated carbocycles. The van der Waals surface area contributed by atoms with E-state index in [9.17, 15) is 0 Å². The highest BCUT2D eigenvalue weighted by molar-refractivity contribution is 8.00. The Labute approximate surface area is 85.9 Å². The molecule has 0 aliphatic carbocycles. The monoisotopic (exact) mass is 200 g/mol. The van der Waals surface area contributed by atoms with Crippen LogP contribution >= 0.6 is 11.8 Å². The first-order valence-electron chi connectivity index (χ1n) is 5.08. The van der Waals surface area contributed by atoms with E-state index in [4.69, 9.17) is 4.74 Å². The van der Waals surface area contributed by atoms with Crippen molar-refractivity contribution in [3.8, 4) is 0 Å². The Morgan fingerprint density at radius 1 is 1.23 bits per heavy atom. The van der Waals surface area contributed by atoms with Crippen molar-refractivity contribution in [2.24, 2.45) is 5.92 Å². The molecule has 0 radical (unpaired) electrons. The summed E-state index contributed by atoms with van der Waals surface area (Å²) < 4.78 is 5.51. The Hall–Kier alpha value is 0.0500. The van der Waals surface area contributed by atoms with Gasteiger partial charge in [0.15, 0.2) is 0 Å². The second-order valence-electron chi connectivity index (χ2n) is 3.80. The van der Waals surface area contributed by atoms with Gasteiger partial charge in [-0.15, -0.1) is 0 Å². The third-order valence-corrected chi connectivity index (χ3v) is 3.65. The van der Waals surface area contributed by atoms with E-state index >= 15 is 0 Å². The Balaban J connectivity index is 2.68. The van der Waals surface area contributed by atoms with Crippen molar-refractivity contribution >= 4 is 11.8 Å². The molecule has 1 aliphatic rings. The third-order valence-electron chi connectivity index (χ3n) is 2.53. The number of thioether (sulfide) groups is 1. The van der Waals surface area contributed by atoms with Crippen LogP contribution in [0.1, 0.15) is 27.7 Å². The van der Waals surface area contributed by atoms with Gasteiger partial charge in [-0.3, -0.25) is 0 Å². The quantitative estimate of drug-likeness (QED) is 0.645. The molecule has 1 unspecified atom stereocenters. The lowest BCUT2D eigenvalue weighted by Crippen LogP contribution is -2.07. The molecule has 0 saturated heterocycles. The zero-order valence-corrected chi connectivity index (χ0v) is 9.91. The van der Waals surface area contributed by atoms with E-state index in [1.165, 1.54) is 11.3 Å². The summed E-state index contributed by atoms with van der Waals surface area (Å²) in [5.41, 5.74) is 3.08. The summed E-state index contributed by atoms with van der Waals surface area (Å²) in [6.45, 7) is 10.7. The number of hydrogen-bond donors (Lipinski definition) is 0. The first-order chi connectivity index (χ1) is 6.16. The first-order valence-corrected chi connectivity index (χ1v) is 6.12. The fraction of sp³-hybridized carbons (Fsp3) is 0.818. The van der Waals surface area contributed by atoms with Crippen molar-refractivity contribution in [1.82, 2.24) is 0 Å². The van der Waals surface area contributed by atoms with E-state index in [-0.39, 0.29) is 0 Å². The Kier molecular flexibility index (Phi) is 4.33. The van der Waals surface area contributed by atoms with Gasteiger partial charge in [0.05, 0.1) is 13.2 Å². The fourth-order valence-corrected chi connectivity index (χ4v) is 2.64. The molecule has 1 atom stereocenters. The molecular formula is C11H20OS. The second-order valence-corrected chi connectivity index (χ2v) is 5.41. The summed E-state index contributed by atoms with van der Waals surface area (Å²) in [4.78, 5) is 0. The van der Waals surface area contributed by atoms with Gasteiger partial charge in [0, 0.05) is 5.25 Å². The van der Waals surface area contributed by atoms with Crippen LogP contribution in [0.25, 0.3) is 0 Å². The Morgan fingerprint density at radius 3 is 2.38 bits per heavy atom. The summed E-state index contributed by atoms with van der Waals surface area (Å²) in [6, 6.07) is 0. The van der Waals surface area contributed by atoms with Crippen molar-refractivity contribution in [1.29, 1.82) is 0 Å². The van der Waals surface area contributed by atoms with Crippen LogP contribution in [0.5, 0.6) is 0 Å². The largest absolute Gasteiger partial charge is 0.373 e. The van der Waals surface area contributed by atoms with Crippen molar-refractivity contribution in [3.05, 3.63) is 11.1 Å². The maximum Gasteiger partial charge on any atom is 0.0695 e. The van der Waals surface area contributed by atoms with E-state index in [2.05, 4.69) is 27.7 Å². The molecule has 0 aromatic heterocycles. The zero-order chi connectivity index (χ0) is 9.84. The standard InChI is InChI=1S/C11H20OS/c1-5-13-9(4)11-7-12-6-10(11)8(2)3/h8-9H,5-7H2,1-4H3. The summed E-state index contributed by atoms with van der Waals surface area (Å²) >= 11 is 2.01. The summed E-state index contributed by atoms with van der Waals surface area (Å²) in [6.07, 6.45) is 0. The van der Waals surface area contributed by atoms with Crippen LogP contribution in [0, 0.1) is 5.92 Å². The average Bonchev–Trinajstić information content (AvgIpc) is 2.52. The molecule has 0 bridgehead atoms. The molecule has 0 amide bonds. The molecule has 1 rings (SSSR count). The molecule has 0 aromatic rings. The molecule has 0 fully saturated rings. The molecule has 0 N–H and O–H groups in total. The van der Waals surface area contributed by atoms with Crippen molar-refractivity contribution in [2.45, 2.75) is 32.9 Å². The summed E-state index contributed by atoms with van der Waals surface area (Å²) in [5.74, 6) is 1.84. The zero-order valence-electron chi connectivity index (χ0n) is 9.09. The lowest BCUT2D eigenvalue weighted by Gasteiger charge is -2.14. The molecule has 1 nitrogen and oxygen atoms in total. The van der Waals surface area contributed by atoms with Crippen molar-refractivity contribution < 1.29 is 4.74 Å². The smallest absolute Gasteiger partial charge is 0.0695 e. The van der Waals surface area contributed by atoms with Crippen molar-refractivity contribution in [3.63, 3.8) is 0 Å². The highest BCUT2D eigenvalue weighted by Crippen LogP contribution is 2.29. The van der Waals surface area contributed by atoms with Gasteiger partial charge in [-0.1, -0.05) is 20.8 Å². The number of ether oxygens (including phenoxy) is 1. The molecular weight excluding hydrogens is 180 g/mol. The fourth-order valence-electron chi connectivity index (χ4n) is 1.72. The lowest BCUT2D eigenvalue weighted by atomic mass is 9.98. The van der Waals surface area contributed by atoms with Gasteiger partial charge in [-0.05, 0) is 29.7 Å². The topological polar surface area (TPSA) is 9.23 Å². The Morgan fingerprint density at radius 2 is 1.85 bits per heavy atom. The minimum Gasteiger partial charge on any atom is -0.373 e. The molecule has 0 spiro atoms. The molecule has 13 heavy (non-hydrogen) atoms. The van der Waals surface area contributed by atoms with E-state index in [0.29, 0.717) is 11.2 Å². The Bertz CT molecular complexity index is 196. The normalized spacial score (nSPS) is 20.1. The highest BCUT2D eigenvalue weighted by atomic mass is 32.2. The van der Waals surface area contributed by atoms with Crippen LogP contribution in [-0.2, 0) is 4.74 Å². The molecule has 1 aliphatic heterocycles. The lowest BCUT2D eigenvalue weighted by molar-refractivity contribution is 0.200. The first kappa shape index (κ1) is 11.1. The average molecular weight is 200 g/mol. The van der Waals surface area contributed by atoms with Crippen LogP contribution in [0.4, 0.5) is 0 Å². The van der Waals surface area contributed by atoms with Gasteiger partial charge in [0.25, 0.3) is 0 Å². The van der Waals surface area contributed by atoms with Crippen LogP contribution in [0.2, 0.25) is 0 Å². The van der Waals surface area contributed by atoms with Crippen molar-refractivity contribution in [2.75, 3.05) is 19.0 Å². The van der Waals surface area contributed by atoms with E-state index in [0.717, 1.165) is 13.2 Å². The van der Waals surface area contributed by atoms with Gasteiger partial charge in [0.2, 0.25) is 0 Å². The summed E-state index contributed by atoms with van der Waals surface area (Å²) in [7, 11) is 0. The highest BCUT2D eigenvalue weighted by Gasteiger charge is 2.21. The van der Waals surface area contributed by atoms with E-state index in [1.54, 1.807) is 5.57 Å². The molecule has 1 heterocycles. The maximum absolute atomic E-state index is 5.51. The van der Waals surface area contributed by atoms with Gasteiger partial charge in [-0.25, -0.2) is 0 Å². The number of hydrogen-bond acceptors (Lipinski definition) is 2. The molecule has 2 heteroatoms. The molecule has 0 aromatic carbocycles. The van der Waals surface area contributed by atoms with Crippen LogP contribution in [0.15, 0.2) is 11.1 Å². The minimum atomic E-state index is 0.643. The van der Waals surface area contributed by atoms with E-state index < -0.39 is 0 Å². The second kappa shape index (κ2) is 5.06. The number of rotatable bonds is 4. The van der Waals surface area contributed by atoms with E-state index in [1.807, 2.05) is 11.8 Å². The third kappa shape index (κ3) is 2.75. The van der Waals surface area contributed by atoms with Gasteiger partial charge >= 0.3 is 0 Å². The van der Waals surface area contributed by atoms with Gasteiger partial charge in [-0.2, -0.15) is 11.8 Å².